The van der Waals surface area contributed by atoms with Gasteiger partial charge in [-0.25, -0.2) is 0 Å². The number of nitro benzene ring substituents is 1. The van der Waals surface area contributed by atoms with Crippen LogP contribution in [0.3, 0.4) is 0 Å². The van der Waals surface area contributed by atoms with Gasteiger partial charge in [0.25, 0.3) is 5.69 Å². The first-order valence-corrected chi connectivity index (χ1v) is 8.08. The Bertz CT molecular complexity index is 906. The number of hydrogen-bond acceptors (Lipinski definition) is 5. The van der Waals surface area contributed by atoms with Gasteiger partial charge in [0.1, 0.15) is 0 Å². The number of carboxylic acids is 1. The molecule has 1 aliphatic heterocycles. The molecule has 2 aromatic rings. The van der Waals surface area contributed by atoms with E-state index in [-0.39, 0.29) is 29.1 Å². The summed E-state index contributed by atoms with van der Waals surface area (Å²) in [6.45, 7) is 0. The standard InChI is InChI=1S/C19H16N2O4/c22-19(23)16-9-3-8-15-13-6-2-7-14(13)17(20-18(15)16)11-4-1-5-12(10-11)21(24)25/h1-6,8-10,13-14,17,20H,7H2,(H,22,23)/p-1/t13-,14-,17-/m0/s1. The van der Waals surface area contributed by atoms with E-state index in [0.29, 0.717) is 5.69 Å². The van der Waals surface area contributed by atoms with Crippen LogP contribution in [-0.4, -0.2) is 10.9 Å². The van der Waals surface area contributed by atoms with Gasteiger partial charge in [0, 0.05) is 29.3 Å². The number of nitrogens with zero attached hydrogens (tertiary/aromatic N) is 1. The first-order chi connectivity index (χ1) is 12.1. The van der Waals surface area contributed by atoms with E-state index in [1.165, 1.54) is 12.1 Å². The molecule has 0 saturated heterocycles. The number of aromatic carboxylic acids is 1. The van der Waals surface area contributed by atoms with Crippen molar-refractivity contribution >= 4 is 17.3 Å². The molecule has 6 nitrogen and oxygen atoms in total. The summed E-state index contributed by atoms with van der Waals surface area (Å²) in [5.41, 5.74) is 2.41. The van der Waals surface area contributed by atoms with Crippen LogP contribution in [0.25, 0.3) is 0 Å². The third kappa shape index (κ3) is 2.46. The molecule has 2 aliphatic rings. The molecule has 0 saturated carbocycles. The first kappa shape index (κ1) is 15.4. The predicted molar refractivity (Wildman–Crippen MR) is 90.2 cm³/mol. The number of rotatable bonds is 3. The molecule has 1 N–H and O–H groups in total. The molecule has 0 bridgehead atoms. The van der Waals surface area contributed by atoms with Crippen LogP contribution in [-0.2, 0) is 0 Å². The van der Waals surface area contributed by atoms with Crippen molar-refractivity contribution in [2.45, 2.75) is 18.4 Å². The third-order valence-electron chi connectivity index (χ3n) is 5.06. The van der Waals surface area contributed by atoms with E-state index in [4.69, 9.17) is 0 Å². The molecule has 2 aromatic carbocycles. The molecular formula is C19H15N2O4-. The Balaban J connectivity index is 1.83. The number of anilines is 1. The molecule has 0 radical (unpaired) electrons. The van der Waals surface area contributed by atoms with E-state index in [2.05, 4.69) is 17.5 Å². The second-order valence-corrected chi connectivity index (χ2v) is 6.38. The molecule has 0 unspecified atom stereocenters. The summed E-state index contributed by atoms with van der Waals surface area (Å²) in [4.78, 5) is 22.2. The Kier molecular flexibility index (Phi) is 3.53. The van der Waals surface area contributed by atoms with Crippen molar-refractivity contribution in [2.75, 3.05) is 5.32 Å². The lowest BCUT2D eigenvalue weighted by molar-refractivity contribution is -0.384. The smallest absolute Gasteiger partial charge is 0.269 e. The van der Waals surface area contributed by atoms with Gasteiger partial charge in [0.15, 0.2) is 0 Å². The van der Waals surface area contributed by atoms with Crippen LogP contribution in [0.1, 0.15) is 39.9 Å². The highest BCUT2D eigenvalue weighted by molar-refractivity contribution is 5.94. The Morgan fingerprint density at radius 3 is 2.76 bits per heavy atom. The summed E-state index contributed by atoms with van der Waals surface area (Å²) < 4.78 is 0. The zero-order chi connectivity index (χ0) is 17.6. The lowest BCUT2D eigenvalue weighted by Crippen LogP contribution is -2.32. The number of fused-ring (bicyclic) bond motifs is 3. The van der Waals surface area contributed by atoms with Crippen LogP contribution in [0.15, 0.2) is 54.6 Å². The van der Waals surface area contributed by atoms with Crippen molar-refractivity contribution in [1.29, 1.82) is 0 Å². The van der Waals surface area contributed by atoms with Crippen LogP contribution in [0.5, 0.6) is 0 Å². The van der Waals surface area contributed by atoms with Crippen LogP contribution >= 0.6 is 0 Å². The predicted octanol–water partition coefficient (Wildman–Crippen LogP) is 2.78. The Morgan fingerprint density at radius 1 is 1.20 bits per heavy atom. The Morgan fingerprint density at radius 2 is 2.00 bits per heavy atom. The summed E-state index contributed by atoms with van der Waals surface area (Å²) in [6.07, 6.45) is 5.01. The minimum absolute atomic E-state index is 0.0285. The zero-order valence-corrected chi connectivity index (χ0v) is 13.2. The maximum absolute atomic E-state index is 11.5. The van der Waals surface area contributed by atoms with Gasteiger partial charge in [0.2, 0.25) is 0 Å². The summed E-state index contributed by atoms with van der Waals surface area (Å²) in [5, 5.41) is 25.9. The topological polar surface area (TPSA) is 95.3 Å². The second kappa shape index (κ2) is 5.73. The number of carboxylic acid groups (broad SMARTS) is 1. The zero-order valence-electron chi connectivity index (χ0n) is 13.2. The molecule has 1 heterocycles. The summed E-state index contributed by atoms with van der Waals surface area (Å²) >= 11 is 0. The third-order valence-corrected chi connectivity index (χ3v) is 5.06. The van der Waals surface area contributed by atoms with E-state index in [9.17, 15) is 20.0 Å². The van der Waals surface area contributed by atoms with Gasteiger partial charge in [-0.15, -0.1) is 0 Å². The number of benzene rings is 2. The average Bonchev–Trinajstić information content (AvgIpc) is 3.10. The van der Waals surface area contributed by atoms with Gasteiger partial charge in [-0.05, 0) is 23.5 Å². The van der Waals surface area contributed by atoms with E-state index in [1.54, 1.807) is 18.2 Å². The number of hydrogen-bond donors (Lipinski definition) is 1. The fraction of sp³-hybridized carbons (Fsp3) is 0.211. The maximum Gasteiger partial charge on any atom is 0.269 e. The second-order valence-electron chi connectivity index (χ2n) is 6.38. The van der Waals surface area contributed by atoms with E-state index in [1.807, 2.05) is 12.1 Å². The quantitative estimate of drug-likeness (QED) is 0.529. The highest BCUT2D eigenvalue weighted by atomic mass is 16.6. The van der Waals surface area contributed by atoms with Gasteiger partial charge in [-0.1, -0.05) is 42.5 Å². The number of nitrogens with one attached hydrogen (secondary N) is 1. The van der Waals surface area contributed by atoms with E-state index < -0.39 is 10.9 Å². The van der Waals surface area contributed by atoms with Crippen LogP contribution in [0, 0.1) is 16.0 Å². The molecule has 0 aromatic heterocycles. The molecular weight excluding hydrogens is 320 g/mol. The first-order valence-electron chi connectivity index (χ1n) is 8.08. The van der Waals surface area contributed by atoms with Crippen molar-refractivity contribution in [3.63, 3.8) is 0 Å². The van der Waals surface area contributed by atoms with Gasteiger partial charge >= 0.3 is 0 Å². The van der Waals surface area contributed by atoms with Gasteiger partial charge in [0.05, 0.1) is 16.9 Å². The molecule has 0 spiro atoms. The van der Waals surface area contributed by atoms with Crippen LogP contribution in [0.2, 0.25) is 0 Å². The van der Waals surface area contributed by atoms with Crippen molar-refractivity contribution in [3.8, 4) is 0 Å². The fourth-order valence-electron chi connectivity index (χ4n) is 3.95. The molecule has 1 aliphatic carbocycles. The highest BCUT2D eigenvalue weighted by Crippen LogP contribution is 2.50. The fourth-order valence-corrected chi connectivity index (χ4v) is 3.95. The molecule has 4 rings (SSSR count). The number of non-ortho nitro benzene ring substituents is 1. The van der Waals surface area contributed by atoms with Crippen molar-refractivity contribution < 1.29 is 14.8 Å². The molecule has 6 heteroatoms. The number of allylic oxidation sites excluding steroid dienone is 2. The molecule has 0 fully saturated rings. The van der Waals surface area contributed by atoms with Crippen molar-refractivity contribution in [3.05, 3.63) is 81.4 Å². The van der Waals surface area contributed by atoms with E-state index >= 15 is 0 Å². The maximum atomic E-state index is 11.5. The average molecular weight is 335 g/mol. The molecule has 0 amide bonds. The summed E-state index contributed by atoms with van der Waals surface area (Å²) in [7, 11) is 0. The molecule has 126 valence electrons. The van der Waals surface area contributed by atoms with E-state index in [0.717, 1.165) is 17.5 Å². The number of carbonyl (C=O) groups excluding carboxylic acids is 1. The summed E-state index contributed by atoms with van der Waals surface area (Å²) in [6, 6.07) is 11.5. The normalized spacial score (nSPS) is 23.4. The highest BCUT2D eigenvalue weighted by Gasteiger charge is 2.39. The van der Waals surface area contributed by atoms with Gasteiger partial charge < -0.3 is 15.2 Å². The van der Waals surface area contributed by atoms with Gasteiger partial charge in [-0.2, -0.15) is 0 Å². The Hall–Kier alpha value is -3.15. The largest absolute Gasteiger partial charge is 0.545 e. The van der Waals surface area contributed by atoms with Crippen molar-refractivity contribution in [1.82, 2.24) is 0 Å². The SMILES string of the molecule is O=C([O-])c1cccc2c1N[C@@H](c1cccc([N+](=O)[O-])c1)[C@H]1CC=C[C@H]21. The minimum atomic E-state index is -1.23. The van der Waals surface area contributed by atoms with Crippen LogP contribution < -0.4 is 10.4 Å². The number of nitro groups is 1. The summed E-state index contributed by atoms with van der Waals surface area (Å²) in [5.74, 6) is -0.964. The van der Waals surface area contributed by atoms with Crippen molar-refractivity contribution in [2.24, 2.45) is 5.92 Å². The lowest BCUT2D eigenvalue weighted by atomic mass is 9.76. The van der Waals surface area contributed by atoms with Gasteiger partial charge in [-0.3, -0.25) is 10.1 Å². The molecule has 3 atom stereocenters. The number of para-hydroxylation sites is 1. The molecule has 25 heavy (non-hydrogen) atoms. The minimum Gasteiger partial charge on any atom is -0.545 e. The Labute approximate surface area is 144 Å². The van der Waals surface area contributed by atoms with Crippen LogP contribution in [0.4, 0.5) is 11.4 Å². The number of carbonyl (C=O) groups is 1. The lowest BCUT2D eigenvalue weighted by Gasteiger charge is -2.38. The monoisotopic (exact) mass is 335 g/mol.